The van der Waals surface area contributed by atoms with Crippen LogP contribution in [0.15, 0.2) is 93.8 Å². The fourth-order valence-electron chi connectivity index (χ4n) is 4.67. The summed E-state index contributed by atoms with van der Waals surface area (Å²) in [6, 6.07) is 20.0. The van der Waals surface area contributed by atoms with Crippen molar-refractivity contribution in [1.29, 1.82) is 0 Å². The van der Waals surface area contributed by atoms with Gasteiger partial charge >= 0.3 is 198 Å². The first-order valence-electron chi connectivity index (χ1n) is 15.5. The molecule has 7 N–H and O–H groups in total. The van der Waals surface area contributed by atoms with Crippen molar-refractivity contribution in [2.75, 3.05) is 13.1 Å². The molecule has 0 bridgehead atoms. The number of benzene rings is 3. The molecule has 16 heteroatoms. The predicted octanol–water partition coefficient (Wildman–Crippen LogP) is 2.77. The first-order valence-corrected chi connectivity index (χ1v) is 18.7. The number of amides is 4. The third-order valence-electron chi connectivity index (χ3n) is 7.23. The number of hydrogen-bond acceptors (Lipinski definition) is 9. The Labute approximate surface area is 295 Å². The fourth-order valence-corrected chi connectivity index (χ4v) is 8.65. The van der Waals surface area contributed by atoms with E-state index >= 15 is 0 Å². The SMILES string of the molecule is C[C@H](N)C(=O)N[C@@H](Cc1ccccc1)C(=O)NCC(=O)N[C@@H](Cc1ccc(O/C(=C/I2OC(=O)c3ccccc32)CCN=[N+]=[N-])cc1)C(N)=O. The van der Waals surface area contributed by atoms with Gasteiger partial charge in [-0.2, -0.15) is 0 Å². The number of nitrogens with zero attached hydrogens (tertiary/aromatic N) is 3. The molecular formula is C34H37IN8O7. The van der Waals surface area contributed by atoms with Crippen molar-refractivity contribution in [3.05, 3.63) is 119 Å². The quantitative estimate of drug-likeness (QED) is 0.0446. The number of carbonyl (C=O) groups excluding carboxylic acids is 5. The average molecular weight is 797 g/mol. The number of ether oxygens (including phenoxy) is 1. The van der Waals surface area contributed by atoms with Crippen LogP contribution >= 0.6 is 20.2 Å². The van der Waals surface area contributed by atoms with E-state index in [2.05, 4.69) is 26.0 Å². The van der Waals surface area contributed by atoms with E-state index in [1.165, 1.54) is 6.92 Å². The maximum absolute atomic E-state index is 13.0. The molecule has 0 aliphatic carbocycles. The number of halogens is 1. The monoisotopic (exact) mass is 796 g/mol. The van der Waals surface area contributed by atoms with Crippen LogP contribution < -0.4 is 32.2 Å². The zero-order valence-electron chi connectivity index (χ0n) is 27.1. The van der Waals surface area contributed by atoms with Crippen LogP contribution in [0.5, 0.6) is 5.75 Å². The summed E-state index contributed by atoms with van der Waals surface area (Å²) in [5.74, 6) is -2.02. The number of nitrogens with two attached hydrogens (primary N) is 2. The average Bonchev–Trinajstić information content (AvgIpc) is 3.42. The fraction of sp³-hybridized carbons (Fsp3) is 0.265. The van der Waals surface area contributed by atoms with Crippen molar-refractivity contribution >= 4 is 49.8 Å². The van der Waals surface area contributed by atoms with E-state index in [1.54, 1.807) is 60.7 Å². The number of fused-ring (bicyclic) bond motifs is 1. The van der Waals surface area contributed by atoms with E-state index in [0.29, 0.717) is 22.6 Å². The first kappa shape index (κ1) is 37.4. The molecule has 0 fully saturated rings. The molecule has 1 aliphatic heterocycles. The second kappa shape index (κ2) is 18.4. The minimum atomic E-state index is -2.51. The van der Waals surface area contributed by atoms with Gasteiger partial charge in [0.15, 0.2) is 0 Å². The molecule has 3 aromatic carbocycles. The van der Waals surface area contributed by atoms with Gasteiger partial charge in [0.2, 0.25) is 11.8 Å². The predicted molar refractivity (Wildman–Crippen MR) is 192 cm³/mol. The van der Waals surface area contributed by atoms with Crippen LogP contribution in [-0.4, -0.2) is 60.8 Å². The van der Waals surface area contributed by atoms with Crippen molar-refractivity contribution in [3.8, 4) is 5.75 Å². The van der Waals surface area contributed by atoms with Gasteiger partial charge in [-0.25, -0.2) is 0 Å². The molecule has 1 aliphatic rings. The molecule has 4 rings (SSSR count). The summed E-state index contributed by atoms with van der Waals surface area (Å²) in [7, 11) is 0. The normalized spacial score (nSPS) is 14.6. The molecule has 3 atom stereocenters. The van der Waals surface area contributed by atoms with Crippen molar-refractivity contribution < 1.29 is 31.8 Å². The molecule has 262 valence electrons. The van der Waals surface area contributed by atoms with Gasteiger partial charge in [-0.15, -0.1) is 0 Å². The number of primary amides is 1. The molecule has 4 amide bonds. The molecule has 0 aromatic heterocycles. The zero-order valence-corrected chi connectivity index (χ0v) is 29.2. The summed E-state index contributed by atoms with van der Waals surface area (Å²) in [5.41, 5.74) is 21.9. The second-order valence-electron chi connectivity index (χ2n) is 11.1. The van der Waals surface area contributed by atoms with E-state index in [1.807, 2.05) is 22.3 Å². The van der Waals surface area contributed by atoms with Gasteiger partial charge in [0.1, 0.15) is 6.04 Å². The number of azide groups is 1. The van der Waals surface area contributed by atoms with Crippen LogP contribution in [0, 0.1) is 3.57 Å². The van der Waals surface area contributed by atoms with Gasteiger partial charge in [-0.05, 0) is 12.5 Å². The number of nitrogens with one attached hydrogen (secondary N) is 3. The van der Waals surface area contributed by atoms with Crippen LogP contribution in [0.2, 0.25) is 0 Å². The molecule has 0 spiro atoms. The molecule has 0 saturated heterocycles. The number of hydrogen-bond donors (Lipinski definition) is 5. The van der Waals surface area contributed by atoms with Crippen molar-refractivity contribution in [1.82, 2.24) is 16.0 Å². The Morgan fingerprint density at radius 1 is 0.940 bits per heavy atom. The Hall–Kier alpha value is -5.45. The molecule has 3 aromatic rings. The molecule has 50 heavy (non-hydrogen) atoms. The van der Waals surface area contributed by atoms with Gasteiger partial charge in [0.05, 0.1) is 6.04 Å². The molecule has 1 heterocycles. The van der Waals surface area contributed by atoms with Crippen LogP contribution in [0.4, 0.5) is 0 Å². The Kier molecular flexibility index (Phi) is 13.7. The van der Waals surface area contributed by atoms with Crippen molar-refractivity contribution in [3.63, 3.8) is 0 Å². The van der Waals surface area contributed by atoms with Crippen molar-refractivity contribution in [2.24, 2.45) is 16.6 Å². The van der Waals surface area contributed by atoms with Gasteiger partial charge in [0, 0.05) is 6.42 Å². The first-order chi connectivity index (χ1) is 24.0. The van der Waals surface area contributed by atoms with Gasteiger partial charge in [-0.1, -0.05) is 30.3 Å². The molecule has 0 radical (unpaired) electrons. The maximum atomic E-state index is 13.0. The Balaban J connectivity index is 1.36. The third-order valence-corrected chi connectivity index (χ3v) is 11.5. The molecule has 0 saturated carbocycles. The number of rotatable bonds is 17. The van der Waals surface area contributed by atoms with Crippen LogP contribution in [0.3, 0.4) is 0 Å². The van der Waals surface area contributed by atoms with Gasteiger partial charge in [-0.3, -0.25) is 9.59 Å². The summed E-state index contributed by atoms with van der Waals surface area (Å²) < 4.78 is 14.4. The van der Waals surface area contributed by atoms with Crippen LogP contribution in [-0.2, 0) is 35.1 Å². The van der Waals surface area contributed by atoms with Crippen LogP contribution in [0.1, 0.15) is 34.8 Å². The Bertz CT molecular complexity index is 1780. The summed E-state index contributed by atoms with van der Waals surface area (Å²) in [5, 5.41) is 11.2. The Morgan fingerprint density at radius 3 is 2.28 bits per heavy atom. The van der Waals surface area contributed by atoms with Crippen molar-refractivity contribution in [2.45, 2.75) is 44.3 Å². The van der Waals surface area contributed by atoms with E-state index in [-0.39, 0.29) is 31.8 Å². The number of carbonyl (C=O) groups is 5. The van der Waals surface area contributed by atoms with Gasteiger partial charge < -0.3 is 16.4 Å². The van der Waals surface area contributed by atoms with Crippen LogP contribution in [0.25, 0.3) is 10.4 Å². The van der Waals surface area contributed by atoms with E-state index < -0.39 is 68.5 Å². The molecule has 0 unspecified atom stereocenters. The molecular weight excluding hydrogens is 759 g/mol. The van der Waals surface area contributed by atoms with E-state index in [0.717, 1.165) is 9.13 Å². The summed E-state index contributed by atoms with van der Waals surface area (Å²) >= 11 is -2.51. The molecule has 15 nitrogen and oxygen atoms in total. The minimum absolute atomic E-state index is 0.0541. The zero-order chi connectivity index (χ0) is 36.0. The third kappa shape index (κ3) is 11.0. The van der Waals surface area contributed by atoms with E-state index in [4.69, 9.17) is 24.8 Å². The second-order valence-corrected chi connectivity index (χ2v) is 14.9. The summed E-state index contributed by atoms with van der Waals surface area (Å²) in [4.78, 5) is 65.3. The van der Waals surface area contributed by atoms with E-state index in [9.17, 15) is 24.0 Å². The topological polar surface area (TPSA) is 241 Å². The standard InChI is InChI=1S/C34H37IN8O7/c1-21(36)32(46)42-29(18-22-7-3-2-4-8-22)33(47)39-20-30(44)41-28(31(37)45)17-23-11-13-24(14-12-23)49-25(15-16-40-43-38)19-35-27-10-6-5-9-26(27)34(48)50-35/h2-14,19,21,28-29H,15-18,20,36H2,1H3,(H2,37,45)(H,39,47)(H,41,44)(H,42,46)/b25-19+/t21-,28-,29-/m0/s1. The van der Waals surface area contributed by atoms with Gasteiger partial charge in [0.25, 0.3) is 0 Å². The Morgan fingerprint density at radius 2 is 1.60 bits per heavy atom. The summed E-state index contributed by atoms with van der Waals surface area (Å²) in [6.45, 7) is 1.16. The summed E-state index contributed by atoms with van der Waals surface area (Å²) in [6.07, 6.45) is 0.502.